The van der Waals surface area contributed by atoms with Crippen molar-refractivity contribution >= 4 is 21.5 Å². The average molecular weight is 351 g/mol. The standard InChI is InChI=1S/C27H26/c1-4-18-17-13-14-24(18)26(2,3)27(15-17)16-23-21-11-6-5-9-19(21)20-10-7-8-12-22(20)25(23)27/h5-14,18H,4,15-16H2,1-3H3/t18?,27-/m0/s1. The SMILES string of the molecule is CCC1C2=CC=C1C(C)(C)[C@@]1(C2)Cc2c1c1ccccc1c1ccccc21. The number of benzene rings is 3. The largest absolute Gasteiger partial charge is 0.0645 e. The Bertz CT molecular complexity index is 1190. The minimum Gasteiger partial charge on any atom is -0.0645 e. The van der Waals surface area contributed by atoms with Crippen LogP contribution < -0.4 is 0 Å². The molecule has 0 aliphatic heterocycles. The predicted molar refractivity (Wildman–Crippen MR) is 115 cm³/mol. The Morgan fingerprint density at radius 1 is 0.815 bits per heavy atom. The van der Waals surface area contributed by atoms with Crippen molar-refractivity contribution in [3.8, 4) is 0 Å². The molecule has 134 valence electrons. The molecule has 3 aromatic rings. The smallest absolute Gasteiger partial charge is 0.0129 e. The second kappa shape index (κ2) is 4.93. The van der Waals surface area contributed by atoms with Gasteiger partial charge in [0.2, 0.25) is 0 Å². The minimum atomic E-state index is 0.211. The van der Waals surface area contributed by atoms with Crippen molar-refractivity contribution in [2.45, 2.75) is 45.4 Å². The summed E-state index contributed by atoms with van der Waals surface area (Å²) in [6.07, 6.45) is 8.59. The second-order valence-corrected chi connectivity index (χ2v) is 9.33. The first-order valence-electron chi connectivity index (χ1n) is 10.4. The van der Waals surface area contributed by atoms with Crippen molar-refractivity contribution < 1.29 is 0 Å². The van der Waals surface area contributed by atoms with Crippen LogP contribution >= 0.6 is 0 Å². The van der Waals surface area contributed by atoms with Crippen LogP contribution in [0, 0.1) is 11.3 Å². The van der Waals surface area contributed by atoms with Crippen LogP contribution in [0.3, 0.4) is 0 Å². The molecule has 0 heteroatoms. The zero-order valence-electron chi connectivity index (χ0n) is 16.5. The highest BCUT2D eigenvalue weighted by Gasteiger charge is 2.60. The Morgan fingerprint density at radius 3 is 2.15 bits per heavy atom. The molecule has 6 rings (SSSR count). The van der Waals surface area contributed by atoms with E-state index in [9.17, 15) is 0 Å². The van der Waals surface area contributed by atoms with E-state index in [4.69, 9.17) is 0 Å². The molecule has 2 bridgehead atoms. The molecule has 0 radical (unpaired) electrons. The molecule has 1 saturated carbocycles. The molecule has 0 aromatic heterocycles. The van der Waals surface area contributed by atoms with Gasteiger partial charge in [0.25, 0.3) is 0 Å². The third-order valence-electron chi connectivity index (χ3n) is 8.13. The van der Waals surface area contributed by atoms with Gasteiger partial charge in [-0.15, -0.1) is 0 Å². The van der Waals surface area contributed by atoms with Crippen LogP contribution in [-0.4, -0.2) is 0 Å². The van der Waals surface area contributed by atoms with Gasteiger partial charge < -0.3 is 0 Å². The summed E-state index contributed by atoms with van der Waals surface area (Å²) in [5.41, 5.74) is 7.07. The summed E-state index contributed by atoms with van der Waals surface area (Å²) in [5, 5.41) is 5.81. The molecule has 1 fully saturated rings. The van der Waals surface area contributed by atoms with E-state index in [-0.39, 0.29) is 10.8 Å². The maximum atomic E-state index is 2.52. The molecule has 2 atom stereocenters. The van der Waals surface area contributed by atoms with Crippen molar-refractivity contribution in [1.29, 1.82) is 0 Å². The summed E-state index contributed by atoms with van der Waals surface area (Å²) < 4.78 is 0. The molecule has 1 spiro atoms. The fourth-order valence-electron chi connectivity index (χ4n) is 6.70. The predicted octanol–water partition coefficient (Wildman–Crippen LogP) is 7.11. The minimum absolute atomic E-state index is 0.211. The van der Waals surface area contributed by atoms with Gasteiger partial charge in [0.15, 0.2) is 0 Å². The Kier molecular flexibility index (Phi) is 2.86. The maximum absolute atomic E-state index is 2.52. The monoisotopic (exact) mass is 350 g/mol. The van der Waals surface area contributed by atoms with Crippen LogP contribution in [0.15, 0.2) is 71.8 Å². The van der Waals surface area contributed by atoms with Gasteiger partial charge in [-0.2, -0.15) is 0 Å². The lowest BCUT2D eigenvalue weighted by Crippen LogP contribution is -2.55. The zero-order valence-corrected chi connectivity index (χ0v) is 16.5. The first-order valence-corrected chi connectivity index (χ1v) is 10.4. The van der Waals surface area contributed by atoms with Crippen molar-refractivity contribution in [3.63, 3.8) is 0 Å². The molecule has 0 N–H and O–H groups in total. The Labute approximate surface area is 161 Å². The number of hydrogen-bond donors (Lipinski definition) is 0. The number of hydrogen-bond acceptors (Lipinski definition) is 0. The highest BCUT2D eigenvalue weighted by atomic mass is 14.6. The Hall–Kier alpha value is -2.34. The zero-order chi connectivity index (χ0) is 18.4. The van der Waals surface area contributed by atoms with E-state index in [2.05, 4.69) is 81.5 Å². The summed E-state index contributed by atoms with van der Waals surface area (Å²) in [6.45, 7) is 7.39. The van der Waals surface area contributed by atoms with Gasteiger partial charge in [-0.25, -0.2) is 0 Å². The van der Waals surface area contributed by atoms with Crippen molar-refractivity contribution in [3.05, 3.63) is 83.0 Å². The van der Waals surface area contributed by atoms with Crippen LogP contribution in [0.1, 0.15) is 44.7 Å². The van der Waals surface area contributed by atoms with Crippen molar-refractivity contribution in [2.24, 2.45) is 11.3 Å². The summed E-state index contributed by atoms with van der Waals surface area (Å²) in [6, 6.07) is 18.1. The van der Waals surface area contributed by atoms with E-state index in [1.54, 1.807) is 22.3 Å². The maximum Gasteiger partial charge on any atom is 0.0129 e. The molecule has 0 nitrogen and oxygen atoms in total. The Balaban J connectivity index is 1.69. The second-order valence-electron chi connectivity index (χ2n) is 9.33. The number of rotatable bonds is 1. The molecule has 0 heterocycles. The van der Waals surface area contributed by atoms with Gasteiger partial charge in [-0.1, -0.05) is 92.6 Å². The molecule has 3 aliphatic rings. The Morgan fingerprint density at radius 2 is 1.44 bits per heavy atom. The van der Waals surface area contributed by atoms with Crippen LogP contribution in [0.4, 0.5) is 0 Å². The van der Waals surface area contributed by atoms with Crippen LogP contribution in [0.2, 0.25) is 0 Å². The summed E-state index contributed by atoms with van der Waals surface area (Å²) in [7, 11) is 0. The summed E-state index contributed by atoms with van der Waals surface area (Å²) >= 11 is 0. The topological polar surface area (TPSA) is 0 Å². The highest BCUT2D eigenvalue weighted by Crippen LogP contribution is 2.67. The molecule has 1 unspecified atom stereocenters. The average Bonchev–Trinajstić information content (AvgIpc) is 3.03. The lowest BCUT2D eigenvalue weighted by atomic mass is 9.43. The first-order chi connectivity index (χ1) is 13.1. The third kappa shape index (κ3) is 1.66. The van der Waals surface area contributed by atoms with Gasteiger partial charge in [0.1, 0.15) is 0 Å². The highest BCUT2D eigenvalue weighted by molar-refractivity contribution is 6.12. The van der Waals surface area contributed by atoms with E-state index < -0.39 is 0 Å². The normalized spacial score (nSPS) is 27.4. The third-order valence-corrected chi connectivity index (χ3v) is 8.13. The lowest BCUT2D eigenvalue weighted by molar-refractivity contribution is 0.136. The summed E-state index contributed by atoms with van der Waals surface area (Å²) in [5.74, 6) is 0.682. The lowest BCUT2D eigenvalue weighted by Gasteiger charge is -2.60. The molecule has 3 aromatic carbocycles. The fraction of sp³-hybridized carbons (Fsp3) is 0.333. The molecule has 0 amide bonds. The molecule has 27 heavy (non-hydrogen) atoms. The van der Waals surface area contributed by atoms with Crippen molar-refractivity contribution in [1.82, 2.24) is 0 Å². The van der Waals surface area contributed by atoms with Crippen LogP contribution in [0.5, 0.6) is 0 Å². The van der Waals surface area contributed by atoms with E-state index >= 15 is 0 Å². The molecular weight excluding hydrogens is 324 g/mol. The first kappa shape index (κ1) is 15.7. The quantitative estimate of drug-likeness (QED) is 0.410. The van der Waals surface area contributed by atoms with E-state index in [1.807, 2.05) is 0 Å². The fourth-order valence-corrected chi connectivity index (χ4v) is 6.70. The van der Waals surface area contributed by atoms with Gasteiger partial charge in [-0.3, -0.25) is 0 Å². The number of fused-ring (bicyclic) bond motifs is 9. The van der Waals surface area contributed by atoms with Gasteiger partial charge in [-0.05, 0) is 57.3 Å². The van der Waals surface area contributed by atoms with Crippen molar-refractivity contribution in [2.75, 3.05) is 0 Å². The number of allylic oxidation sites excluding steroid dienone is 4. The molecule has 3 aliphatic carbocycles. The van der Waals surface area contributed by atoms with E-state index in [0.717, 1.165) is 0 Å². The van der Waals surface area contributed by atoms with Gasteiger partial charge >= 0.3 is 0 Å². The van der Waals surface area contributed by atoms with Crippen LogP contribution in [0.25, 0.3) is 21.5 Å². The van der Waals surface area contributed by atoms with E-state index in [0.29, 0.717) is 5.92 Å². The molecule has 0 saturated heterocycles. The van der Waals surface area contributed by atoms with Crippen LogP contribution in [-0.2, 0) is 11.8 Å². The summed E-state index contributed by atoms with van der Waals surface area (Å²) in [4.78, 5) is 0. The van der Waals surface area contributed by atoms with Gasteiger partial charge in [0, 0.05) is 11.3 Å². The van der Waals surface area contributed by atoms with Gasteiger partial charge in [0.05, 0.1) is 0 Å². The molecular formula is C27H26. The van der Waals surface area contributed by atoms with E-state index in [1.165, 1.54) is 40.8 Å².